The van der Waals surface area contributed by atoms with Gasteiger partial charge in [-0.25, -0.2) is 8.42 Å². The fourth-order valence-electron chi connectivity index (χ4n) is 2.33. The topological polar surface area (TPSA) is 81.1 Å². The molecule has 1 N–H and O–H groups in total. The van der Waals surface area contributed by atoms with E-state index in [2.05, 4.69) is 9.82 Å². The van der Waals surface area contributed by atoms with Gasteiger partial charge in [-0.1, -0.05) is 23.2 Å². The largest absolute Gasteiger partial charge is 0.296 e. The standard InChI is InChI=1S/C15H11Cl2N3O3S/c1-20-15-7-11(2-3-13(15)14(8-21)18-20)19-24(22,23)12-5-9(16)4-10(17)6-12/h2-8,19H,1H3. The van der Waals surface area contributed by atoms with Crippen LogP contribution < -0.4 is 4.72 Å². The van der Waals surface area contributed by atoms with E-state index in [0.717, 1.165) is 0 Å². The summed E-state index contributed by atoms with van der Waals surface area (Å²) in [6, 6.07) is 8.85. The van der Waals surface area contributed by atoms with Gasteiger partial charge in [-0.3, -0.25) is 14.2 Å². The molecule has 6 nitrogen and oxygen atoms in total. The molecule has 0 aliphatic heterocycles. The van der Waals surface area contributed by atoms with Crippen LogP contribution in [-0.2, 0) is 17.1 Å². The van der Waals surface area contributed by atoms with Crippen molar-refractivity contribution in [2.24, 2.45) is 7.05 Å². The van der Waals surface area contributed by atoms with Gasteiger partial charge in [0.1, 0.15) is 5.69 Å². The van der Waals surface area contributed by atoms with E-state index in [-0.39, 0.29) is 14.9 Å². The molecule has 24 heavy (non-hydrogen) atoms. The van der Waals surface area contributed by atoms with Gasteiger partial charge in [0.2, 0.25) is 0 Å². The summed E-state index contributed by atoms with van der Waals surface area (Å²) >= 11 is 11.7. The molecule has 0 aliphatic rings. The molecule has 3 rings (SSSR count). The Labute approximate surface area is 148 Å². The number of aryl methyl sites for hydroxylation is 1. The number of fused-ring (bicyclic) bond motifs is 1. The second-order valence-electron chi connectivity index (χ2n) is 5.07. The molecule has 3 aromatic rings. The second-order valence-corrected chi connectivity index (χ2v) is 7.62. The molecular weight excluding hydrogens is 373 g/mol. The van der Waals surface area contributed by atoms with Crippen LogP contribution in [0, 0.1) is 0 Å². The predicted octanol–water partition coefficient (Wildman–Crippen LogP) is 3.49. The molecule has 1 heterocycles. The minimum Gasteiger partial charge on any atom is -0.296 e. The van der Waals surface area contributed by atoms with Crippen LogP contribution in [-0.4, -0.2) is 24.5 Å². The molecule has 2 aromatic carbocycles. The minimum absolute atomic E-state index is 0.0429. The Kier molecular flexibility index (Phi) is 4.25. The maximum atomic E-state index is 12.5. The average molecular weight is 384 g/mol. The Hall–Kier alpha value is -2.09. The van der Waals surface area contributed by atoms with E-state index in [0.29, 0.717) is 28.6 Å². The minimum atomic E-state index is -3.86. The van der Waals surface area contributed by atoms with E-state index in [1.165, 1.54) is 22.9 Å². The number of hydrogen-bond donors (Lipinski definition) is 1. The number of anilines is 1. The molecular formula is C15H11Cl2N3O3S. The van der Waals surface area contributed by atoms with Crippen LogP contribution in [0.5, 0.6) is 0 Å². The third-order valence-electron chi connectivity index (χ3n) is 3.39. The summed E-state index contributed by atoms with van der Waals surface area (Å²) in [6.07, 6.45) is 0.653. The van der Waals surface area contributed by atoms with Gasteiger partial charge in [-0.05, 0) is 36.4 Å². The van der Waals surface area contributed by atoms with Crippen molar-refractivity contribution in [1.82, 2.24) is 9.78 Å². The summed E-state index contributed by atoms with van der Waals surface area (Å²) < 4.78 is 28.9. The second kappa shape index (κ2) is 6.08. The zero-order valence-electron chi connectivity index (χ0n) is 12.3. The lowest BCUT2D eigenvalue weighted by Gasteiger charge is -2.09. The number of hydrogen-bond acceptors (Lipinski definition) is 4. The van der Waals surface area contributed by atoms with Gasteiger partial charge in [0.25, 0.3) is 10.0 Å². The summed E-state index contributed by atoms with van der Waals surface area (Å²) in [5.41, 5.74) is 1.25. The summed E-state index contributed by atoms with van der Waals surface area (Å²) in [5, 5.41) is 5.15. The number of aldehydes is 1. The quantitative estimate of drug-likeness (QED) is 0.699. The van der Waals surface area contributed by atoms with E-state index in [1.54, 1.807) is 25.2 Å². The fourth-order valence-corrected chi connectivity index (χ4v) is 4.11. The Morgan fingerprint density at radius 3 is 2.42 bits per heavy atom. The number of sulfonamides is 1. The molecule has 0 fully saturated rings. The van der Waals surface area contributed by atoms with Crippen LogP contribution in [0.2, 0.25) is 10.0 Å². The van der Waals surface area contributed by atoms with Crippen molar-refractivity contribution in [3.8, 4) is 0 Å². The molecule has 0 amide bonds. The third kappa shape index (κ3) is 3.10. The number of nitrogens with one attached hydrogen (secondary N) is 1. The first-order valence-electron chi connectivity index (χ1n) is 6.71. The van der Waals surface area contributed by atoms with Gasteiger partial charge in [0.15, 0.2) is 6.29 Å². The van der Waals surface area contributed by atoms with E-state index in [1.807, 2.05) is 0 Å². The number of nitrogens with zero attached hydrogens (tertiary/aromatic N) is 2. The lowest BCUT2D eigenvalue weighted by Crippen LogP contribution is -2.13. The van der Waals surface area contributed by atoms with Crippen LogP contribution in [0.15, 0.2) is 41.3 Å². The third-order valence-corrected chi connectivity index (χ3v) is 5.19. The fraction of sp³-hybridized carbons (Fsp3) is 0.0667. The smallest absolute Gasteiger partial charge is 0.261 e. The monoisotopic (exact) mass is 383 g/mol. The Balaban J connectivity index is 2.02. The molecule has 124 valence electrons. The van der Waals surface area contributed by atoms with Gasteiger partial charge < -0.3 is 0 Å². The highest BCUT2D eigenvalue weighted by Crippen LogP contribution is 2.26. The van der Waals surface area contributed by atoms with E-state index in [4.69, 9.17) is 23.2 Å². The van der Waals surface area contributed by atoms with E-state index >= 15 is 0 Å². The average Bonchev–Trinajstić information content (AvgIpc) is 2.82. The van der Waals surface area contributed by atoms with Crippen molar-refractivity contribution < 1.29 is 13.2 Å². The van der Waals surface area contributed by atoms with Crippen LogP contribution >= 0.6 is 23.2 Å². The lowest BCUT2D eigenvalue weighted by atomic mass is 10.2. The number of halogens is 2. The maximum absolute atomic E-state index is 12.5. The molecule has 0 atom stereocenters. The first-order valence-corrected chi connectivity index (χ1v) is 8.95. The molecule has 0 unspecified atom stereocenters. The van der Waals surface area contributed by atoms with Crippen molar-refractivity contribution in [1.29, 1.82) is 0 Å². The van der Waals surface area contributed by atoms with Crippen LogP contribution in [0.3, 0.4) is 0 Å². The number of carbonyl (C=O) groups excluding carboxylic acids is 1. The summed E-state index contributed by atoms with van der Waals surface area (Å²) in [5.74, 6) is 0. The molecule has 0 saturated carbocycles. The number of benzene rings is 2. The molecule has 0 spiro atoms. The van der Waals surface area contributed by atoms with E-state index in [9.17, 15) is 13.2 Å². The molecule has 9 heteroatoms. The summed E-state index contributed by atoms with van der Waals surface area (Å²) in [7, 11) is -2.19. The number of rotatable bonds is 4. The Morgan fingerprint density at radius 1 is 1.12 bits per heavy atom. The molecule has 0 saturated heterocycles. The lowest BCUT2D eigenvalue weighted by molar-refractivity contribution is 0.111. The normalized spacial score (nSPS) is 11.6. The first kappa shape index (κ1) is 16.8. The zero-order chi connectivity index (χ0) is 17.5. The van der Waals surface area contributed by atoms with Crippen molar-refractivity contribution >= 4 is 56.1 Å². The number of carbonyl (C=O) groups is 1. The number of aromatic nitrogens is 2. The predicted molar refractivity (Wildman–Crippen MR) is 93.4 cm³/mol. The van der Waals surface area contributed by atoms with Crippen molar-refractivity contribution in [3.05, 3.63) is 52.1 Å². The van der Waals surface area contributed by atoms with Crippen molar-refractivity contribution in [3.63, 3.8) is 0 Å². The summed E-state index contributed by atoms with van der Waals surface area (Å²) in [4.78, 5) is 10.9. The first-order chi connectivity index (χ1) is 11.3. The van der Waals surface area contributed by atoms with Crippen LogP contribution in [0.1, 0.15) is 10.5 Å². The van der Waals surface area contributed by atoms with Crippen LogP contribution in [0.25, 0.3) is 10.9 Å². The van der Waals surface area contributed by atoms with Gasteiger partial charge in [0, 0.05) is 22.5 Å². The molecule has 0 aliphatic carbocycles. The molecule has 0 radical (unpaired) electrons. The summed E-state index contributed by atoms with van der Waals surface area (Å²) in [6.45, 7) is 0. The Morgan fingerprint density at radius 2 is 1.79 bits per heavy atom. The van der Waals surface area contributed by atoms with Crippen molar-refractivity contribution in [2.75, 3.05) is 4.72 Å². The zero-order valence-corrected chi connectivity index (χ0v) is 14.7. The van der Waals surface area contributed by atoms with Crippen molar-refractivity contribution in [2.45, 2.75) is 4.90 Å². The van der Waals surface area contributed by atoms with Gasteiger partial charge in [0.05, 0.1) is 16.1 Å². The Bertz CT molecular complexity index is 1040. The molecule has 0 bridgehead atoms. The van der Waals surface area contributed by atoms with Gasteiger partial charge in [-0.15, -0.1) is 0 Å². The maximum Gasteiger partial charge on any atom is 0.261 e. The highest BCUT2D eigenvalue weighted by atomic mass is 35.5. The SMILES string of the molecule is Cn1nc(C=O)c2ccc(NS(=O)(=O)c3cc(Cl)cc(Cl)c3)cc21. The van der Waals surface area contributed by atoms with E-state index < -0.39 is 10.0 Å². The highest BCUT2D eigenvalue weighted by Gasteiger charge is 2.17. The van der Waals surface area contributed by atoms with Gasteiger partial charge >= 0.3 is 0 Å². The molecule has 1 aromatic heterocycles. The van der Waals surface area contributed by atoms with Crippen LogP contribution in [0.4, 0.5) is 5.69 Å². The highest BCUT2D eigenvalue weighted by molar-refractivity contribution is 7.92. The van der Waals surface area contributed by atoms with Gasteiger partial charge in [-0.2, -0.15) is 5.10 Å².